The van der Waals surface area contributed by atoms with E-state index < -0.39 is 0 Å². The Morgan fingerprint density at radius 3 is 2.83 bits per heavy atom. The number of aromatic amines is 1. The predicted octanol–water partition coefficient (Wildman–Crippen LogP) is 3.88. The molecule has 2 heterocycles. The van der Waals surface area contributed by atoms with Crippen LogP contribution in [0.4, 0.5) is 0 Å². The molecule has 2 aromatic carbocycles. The molecule has 0 bridgehead atoms. The zero-order chi connectivity index (χ0) is 16.4. The zero-order valence-corrected chi connectivity index (χ0v) is 13.9. The molecule has 0 radical (unpaired) electrons. The number of halogens is 1. The van der Waals surface area contributed by atoms with Crippen LogP contribution in [0.15, 0.2) is 54.9 Å². The van der Waals surface area contributed by atoms with Crippen LogP contribution in [0.3, 0.4) is 0 Å². The maximum absolute atomic E-state index is 6.09. The molecule has 24 heavy (non-hydrogen) atoms. The average molecular weight is 340 g/mol. The molecule has 0 saturated heterocycles. The first kappa shape index (κ1) is 15.2. The topological polar surface area (TPSA) is 49.9 Å². The number of H-pyrrole nitrogens is 1. The molecule has 0 aliphatic carbocycles. The van der Waals surface area contributed by atoms with Gasteiger partial charge >= 0.3 is 0 Å². The number of aromatic nitrogens is 2. The molecule has 1 unspecified atom stereocenters. The fourth-order valence-corrected chi connectivity index (χ4v) is 3.19. The Bertz CT molecular complexity index is 829. The normalized spacial score (nSPS) is 16.6. The van der Waals surface area contributed by atoms with Crippen molar-refractivity contribution in [3.8, 4) is 5.75 Å². The van der Waals surface area contributed by atoms with Crippen LogP contribution in [0, 0.1) is 0 Å². The van der Waals surface area contributed by atoms with Crippen molar-refractivity contribution in [1.29, 1.82) is 0 Å². The van der Waals surface area contributed by atoms with Crippen molar-refractivity contribution in [3.63, 3.8) is 0 Å². The lowest BCUT2D eigenvalue weighted by atomic mass is 9.97. The standard InChI is InChI=1S/C19H18ClN3O/c20-14-7-5-13(6-8-14)11-24-17-4-2-1-3-15(17)18-19-16(9-10-21-18)22-12-23-19/h1-8,12,18,21H,9-11H2,(H,22,23). The van der Waals surface area contributed by atoms with E-state index in [9.17, 15) is 0 Å². The maximum Gasteiger partial charge on any atom is 0.124 e. The van der Waals surface area contributed by atoms with Gasteiger partial charge in [0, 0.05) is 29.2 Å². The van der Waals surface area contributed by atoms with Crippen molar-refractivity contribution in [2.24, 2.45) is 0 Å². The lowest BCUT2D eigenvalue weighted by molar-refractivity contribution is 0.300. The van der Waals surface area contributed by atoms with E-state index in [-0.39, 0.29) is 6.04 Å². The Labute approximate surface area is 145 Å². The number of ether oxygens (including phenoxy) is 1. The average Bonchev–Trinajstić information content (AvgIpc) is 3.10. The monoisotopic (exact) mass is 339 g/mol. The van der Waals surface area contributed by atoms with Crippen LogP contribution in [0.25, 0.3) is 0 Å². The SMILES string of the molecule is Clc1ccc(COc2ccccc2C2NCCc3[nH]cnc32)cc1. The summed E-state index contributed by atoms with van der Waals surface area (Å²) < 4.78 is 6.09. The van der Waals surface area contributed by atoms with Crippen LogP contribution < -0.4 is 10.1 Å². The van der Waals surface area contributed by atoms with E-state index in [1.807, 2.05) is 42.5 Å². The Kier molecular flexibility index (Phi) is 4.24. The van der Waals surface area contributed by atoms with Gasteiger partial charge in [0.25, 0.3) is 0 Å². The van der Waals surface area contributed by atoms with Gasteiger partial charge in [0.15, 0.2) is 0 Å². The van der Waals surface area contributed by atoms with E-state index in [2.05, 4.69) is 21.4 Å². The highest BCUT2D eigenvalue weighted by Gasteiger charge is 2.26. The molecule has 4 rings (SSSR count). The third kappa shape index (κ3) is 3.03. The Balaban J connectivity index is 1.59. The summed E-state index contributed by atoms with van der Waals surface area (Å²) in [6.45, 7) is 1.43. The maximum atomic E-state index is 6.09. The molecule has 1 aliphatic rings. The number of imidazole rings is 1. The molecular formula is C19H18ClN3O. The lowest BCUT2D eigenvalue weighted by Crippen LogP contribution is -2.31. The highest BCUT2D eigenvalue weighted by Crippen LogP contribution is 2.32. The van der Waals surface area contributed by atoms with E-state index in [1.54, 1.807) is 6.33 Å². The van der Waals surface area contributed by atoms with E-state index in [0.717, 1.165) is 40.6 Å². The third-order valence-corrected chi connectivity index (χ3v) is 4.54. The Morgan fingerprint density at radius 2 is 1.96 bits per heavy atom. The number of nitrogens with one attached hydrogen (secondary N) is 2. The van der Waals surface area contributed by atoms with Crippen molar-refractivity contribution in [1.82, 2.24) is 15.3 Å². The van der Waals surface area contributed by atoms with Gasteiger partial charge in [0.2, 0.25) is 0 Å². The van der Waals surface area contributed by atoms with Gasteiger partial charge in [0.05, 0.1) is 18.1 Å². The zero-order valence-electron chi connectivity index (χ0n) is 13.1. The van der Waals surface area contributed by atoms with Gasteiger partial charge in [-0.2, -0.15) is 0 Å². The minimum Gasteiger partial charge on any atom is -0.489 e. The van der Waals surface area contributed by atoms with Gasteiger partial charge in [-0.15, -0.1) is 0 Å². The highest BCUT2D eigenvalue weighted by molar-refractivity contribution is 6.30. The second-order valence-electron chi connectivity index (χ2n) is 5.86. The number of rotatable bonds is 4. The van der Waals surface area contributed by atoms with Crippen LogP contribution in [0.1, 0.15) is 28.6 Å². The number of nitrogens with zero attached hydrogens (tertiary/aromatic N) is 1. The summed E-state index contributed by atoms with van der Waals surface area (Å²) in [5, 5.41) is 4.28. The minimum atomic E-state index is 0.0569. The molecular weight excluding hydrogens is 322 g/mol. The van der Waals surface area contributed by atoms with Gasteiger partial charge in [-0.25, -0.2) is 4.98 Å². The molecule has 0 fully saturated rings. The van der Waals surface area contributed by atoms with Crippen molar-refractivity contribution in [3.05, 3.63) is 82.4 Å². The molecule has 4 nitrogen and oxygen atoms in total. The van der Waals surface area contributed by atoms with Crippen molar-refractivity contribution >= 4 is 11.6 Å². The lowest BCUT2D eigenvalue weighted by Gasteiger charge is -2.25. The van der Waals surface area contributed by atoms with Gasteiger partial charge in [-0.05, 0) is 23.8 Å². The summed E-state index contributed by atoms with van der Waals surface area (Å²) in [4.78, 5) is 7.73. The number of benzene rings is 2. The van der Waals surface area contributed by atoms with Crippen LogP contribution in [-0.2, 0) is 13.0 Å². The molecule has 1 aliphatic heterocycles. The van der Waals surface area contributed by atoms with Crippen LogP contribution >= 0.6 is 11.6 Å². The fraction of sp³-hybridized carbons (Fsp3) is 0.211. The van der Waals surface area contributed by atoms with Crippen LogP contribution in [0.2, 0.25) is 5.02 Å². The number of para-hydroxylation sites is 1. The van der Waals surface area contributed by atoms with Gasteiger partial charge in [-0.1, -0.05) is 41.9 Å². The van der Waals surface area contributed by atoms with Crippen LogP contribution in [-0.4, -0.2) is 16.5 Å². The second-order valence-corrected chi connectivity index (χ2v) is 6.29. The molecule has 0 saturated carbocycles. The van der Waals surface area contributed by atoms with E-state index >= 15 is 0 Å². The summed E-state index contributed by atoms with van der Waals surface area (Å²) in [7, 11) is 0. The van der Waals surface area contributed by atoms with E-state index in [0.29, 0.717) is 6.61 Å². The predicted molar refractivity (Wildman–Crippen MR) is 94.4 cm³/mol. The molecule has 5 heteroatoms. The molecule has 122 valence electrons. The molecule has 2 N–H and O–H groups in total. The first-order valence-electron chi connectivity index (χ1n) is 8.03. The summed E-state index contributed by atoms with van der Waals surface area (Å²) in [5.74, 6) is 0.876. The third-order valence-electron chi connectivity index (χ3n) is 4.29. The molecule has 3 aromatic rings. The smallest absolute Gasteiger partial charge is 0.124 e. The quantitative estimate of drug-likeness (QED) is 0.758. The molecule has 0 amide bonds. The first-order chi connectivity index (χ1) is 11.8. The van der Waals surface area contributed by atoms with Crippen LogP contribution in [0.5, 0.6) is 5.75 Å². The van der Waals surface area contributed by atoms with Crippen molar-refractivity contribution < 1.29 is 4.74 Å². The Hall–Kier alpha value is -2.30. The van der Waals surface area contributed by atoms with Gasteiger partial charge < -0.3 is 15.0 Å². The van der Waals surface area contributed by atoms with Gasteiger partial charge in [0.1, 0.15) is 12.4 Å². The minimum absolute atomic E-state index is 0.0569. The molecule has 1 atom stereocenters. The number of hydrogen-bond acceptors (Lipinski definition) is 3. The van der Waals surface area contributed by atoms with E-state index in [4.69, 9.17) is 16.3 Å². The fourth-order valence-electron chi connectivity index (χ4n) is 3.07. The molecule has 1 aromatic heterocycles. The van der Waals surface area contributed by atoms with Gasteiger partial charge in [-0.3, -0.25) is 0 Å². The Morgan fingerprint density at radius 1 is 1.12 bits per heavy atom. The summed E-state index contributed by atoms with van der Waals surface area (Å²) in [5.41, 5.74) is 4.46. The largest absolute Gasteiger partial charge is 0.489 e. The van der Waals surface area contributed by atoms with Crippen molar-refractivity contribution in [2.45, 2.75) is 19.1 Å². The summed E-state index contributed by atoms with van der Waals surface area (Å²) >= 11 is 5.93. The summed E-state index contributed by atoms with van der Waals surface area (Å²) in [6.07, 6.45) is 2.74. The van der Waals surface area contributed by atoms with Crippen molar-refractivity contribution in [2.75, 3.05) is 6.54 Å². The van der Waals surface area contributed by atoms with E-state index in [1.165, 1.54) is 5.69 Å². The number of fused-ring (bicyclic) bond motifs is 1. The molecule has 0 spiro atoms. The summed E-state index contributed by atoms with van der Waals surface area (Å²) in [6, 6.07) is 15.9. The second kappa shape index (κ2) is 6.67. The number of hydrogen-bond donors (Lipinski definition) is 2. The highest BCUT2D eigenvalue weighted by atomic mass is 35.5. The first-order valence-corrected chi connectivity index (χ1v) is 8.41.